The highest BCUT2D eigenvalue weighted by atomic mass is 16.5. The number of amides is 1. The second-order valence-electron chi connectivity index (χ2n) is 6.84. The molecule has 8 nitrogen and oxygen atoms in total. The highest BCUT2D eigenvalue weighted by molar-refractivity contribution is 5.95. The molecule has 0 unspecified atom stereocenters. The second kappa shape index (κ2) is 7.48. The van der Waals surface area contributed by atoms with E-state index in [1.807, 2.05) is 0 Å². The third-order valence-electron chi connectivity index (χ3n) is 4.94. The number of carbonyl (C=O) groups is 2. The maximum Gasteiger partial charge on any atom is 0.338 e. The Hall–Kier alpha value is -2.74. The number of nitrogens with one attached hydrogen (secondary N) is 1. The number of aryl methyl sites for hydroxylation is 1. The van der Waals surface area contributed by atoms with Crippen LogP contribution in [0.3, 0.4) is 0 Å². The van der Waals surface area contributed by atoms with Crippen LogP contribution in [0.5, 0.6) is 0 Å². The SMILES string of the molecule is O=C(COC(=O)c1ccc2c(=O)n3c(nc2c1)CCC3)NC[C@H]1CCCO1. The zero-order valence-corrected chi connectivity index (χ0v) is 14.9. The van der Waals surface area contributed by atoms with Crippen LogP contribution in [0.2, 0.25) is 0 Å². The number of hydrogen-bond donors (Lipinski definition) is 1. The molecule has 1 saturated heterocycles. The summed E-state index contributed by atoms with van der Waals surface area (Å²) in [5.74, 6) is -0.244. The van der Waals surface area contributed by atoms with Crippen molar-refractivity contribution in [2.45, 2.75) is 38.3 Å². The lowest BCUT2D eigenvalue weighted by molar-refractivity contribution is -0.124. The molecular formula is C19H21N3O5. The molecule has 0 spiro atoms. The number of rotatable bonds is 5. The Kier molecular flexibility index (Phi) is 4.89. The summed E-state index contributed by atoms with van der Waals surface area (Å²) in [6, 6.07) is 4.66. The lowest BCUT2D eigenvalue weighted by Crippen LogP contribution is -2.34. The first-order valence-electron chi connectivity index (χ1n) is 9.21. The molecule has 1 aromatic carbocycles. The predicted octanol–water partition coefficient (Wildman–Crippen LogP) is 0.795. The van der Waals surface area contributed by atoms with Crippen LogP contribution in [-0.4, -0.2) is 47.3 Å². The quantitative estimate of drug-likeness (QED) is 0.781. The summed E-state index contributed by atoms with van der Waals surface area (Å²) < 4.78 is 12.2. The Morgan fingerprint density at radius 3 is 3.04 bits per heavy atom. The number of aromatic nitrogens is 2. The highest BCUT2D eigenvalue weighted by Crippen LogP contribution is 2.16. The van der Waals surface area contributed by atoms with Gasteiger partial charge in [-0.15, -0.1) is 0 Å². The monoisotopic (exact) mass is 371 g/mol. The summed E-state index contributed by atoms with van der Waals surface area (Å²) in [6.45, 7) is 1.47. The van der Waals surface area contributed by atoms with Gasteiger partial charge in [0.2, 0.25) is 0 Å². The zero-order valence-electron chi connectivity index (χ0n) is 14.9. The lowest BCUT2D eigenvalue weighted by Gasteiger charge is -2.11. The number of hydrogen-bond acceptors (Lipinski definition) is 6. The van der Waals surface area contributed by atoms with Crippen molar-refractivity contribution in [3.8, 4) is 0 Å². The number of carbonyl (C=O) groups excluding carboxylic acids is 2. The van der Waals surface area contributed by atoms with Gasteiger partial charge in [-0.2, -0.15) is 0 Å². The number of fused-ring (bicyclic) bond motifs is 2. The molecule has 1 amide bonds. The van der Waals surface area contributed by atoms with E-state index in [-0.39, 0.29) is 29.7 Å². The summed E-state index contributed by atoms with van der Waals surface area (Å²) in [6.07, 6.45) is 3.61. The third-order valence-corrected chi connectivity index (χ3v) is 4.94. The Balaban J connectivity index is 1.39. The molecule has 27 heavy (non-hydrogen) atoms. The van der Waals surface area contributed by atoms with E-state index in [1.54, 1.807) is 16.7 Å². The van der Waals surface area contributed by atoms with Crippen molar-refractivity contribution in [2.75, 3.05) is 19.8 Å². The molecule has 0 radical (unpaired) electrons. The Labute approximate surface area is 155 Å². The molecule has 3 heterocycles. The van der Waals surface area contributed by atoms with Gasteiger partial charge in [0.25, 0.3) is 11.5 Å². The van der Waals surface area contributed by atoms with E-state index in [4.69, 9.17) is 9.47 Å². The molecule has 2 aliphatic heterocycles. The molecule has 1 N–H and O–H groups in total. The molecule has 1 atom stereocenters. The summed E-state index contributed by atoms with van der Waals surface area (Å²) in [4.78, 5) is 41.0. The first kappa shape index (κ1) is 17.7. The fourth-order valence-electron chi connectivity index (χ4n) is 3.51. The average Bonchev–Trinajstić information content (AvgIpc) is 3.36. The zero-order chi connectivity index (χ0) is 18.8. The van der Waals surface area contributed by atoms with E-state index in [1.165, 1.54) is 6.07 Å². The Morgan fingerprint density at radius 2 is 2.22 bits per heavy atom. The van der Waals surface area contributed by atoms with Crippen molar-refractivity contribution < 1.29 is 19.1 Å². The average molecular weight is 371 g/mol. The fraction of sp³-hybridized carbons (Fsp3) is 0.474. The van der Waals surface area contributed by atoms with Crippen molar-refractivity contribution in [2.24, 2.45) is 0 Å². The number of nitrogens with zero attached hydrogens (tertiary/aromatic N) is 2. The predicted molar refractivity (Wildman–Crippen MR) is 96.6 cm³/mol. The number of esters is 1. The molecule has 0 saturated carbocycles. The van der Waals surface area contributed by atoms with Gasteiger partial charge in [0.15, 0.2) is 6.61 Å². The molecule has 2 aromatic rings. The van der Waals surface area contributed by atoms with Crippen LogP contribution in [0.25, 0.3) is 10.9 Å². The molecule has 8 heteroatoms. The van der Waals surface area contributed by atoms with Gasteiger partial charge in [-0.3, -0.25) is 14.2 Å². The van der Waals surface area contributed by atoms with E-state index in [0.29, 0.717) is 24.0 Å². The van der Waals surface area contributed by atoms with Gasteiger partial charge in [0.1, 0.15) is 5.82 Å². The van der Waals surface area contributed by atoms with E-state index in [9.17, 15) is 14.4 Å². The van der Waals surface area contributed by atoms with Crippen LogP contribution >= 0.6 is 0 Å². The minimum Gasteiger partial charge on any atom is -0.452 e. The standard InChI is InChI=1S/C19H21N3O5/c23-17(20-10-13-3-2-8-26-13)11-27-19(25)12-5-6-14-15(9-12)21-16-4-1-7-22(16)18(14)24/h5-6,9,13H,1-4,7-8,10-11H2,(H,20,23)/t13-/m1/s1. The molecular weight excluding hydrogens is 350 g/mol. The molecule has 0 bridgehead atoms. The first-order chi connectivity index (χ1) is 13.1. The van der Waals surface area contributed by atoms with E-state index in [0.717, 1.165) is 38.1 Å². The Bertz CT molecular complexity index is 946. The van der Waals surface area contributed by atoms with Gasteiger partial charge in [-0.25, -0.2) is 9.78 Å². The minimum atomic E-state index is -0.619. The molecule has 2 aliphatic rings. The van der Waals surface area contributed by atoms with Gasteiger partial charge < -0.3 is 14.8 Å². The minimum absolute atomic E-state index is 0.0390. The summed E-state index contributed by atoms with van der Waals surface area (Å²) in [5.41, 5.74) is 0.663. The van der Waals surface area contributed by atoms with Crippen molar-refractivity contribution >= 4 is 22.8 Å². The van der Waals surface area contributed by atoms with Crippen molar-refractivity contribution in [1.82, 2.24) is 14.9 Å². The van der Waals surface area contributed by atoms with Crippen LogP contribution in [0.4, 0.5) is 0 Å². The second-order valence-corrected chi connectivity index (χ2v) is 6.84. The number of benzene rings is 1. The van der Waals surface area contributed by atoms with E-state index >= 15 is 0 Å². The summed E-state index contributed by atoms with van der Waals surface area (Å²) in [7, 11) is 0. The normalized spacial score (nSPS) is 18.4. The topological polar surface area (TPSA) is 99.5 Å². The first-order valence-corrected chi connectivity index (χ1v) is 9.21. The van der Waals surface area contributed by atoms with Crippen molar-refractivity contribution in [3.63, 3.8) is 0 Å². The van der Waals surface area contributed by atoms with Gasteiger partial charge in [0, 0.05) is 26.1 Å². The van der Waals surface area contributed by atoms with Gasteiger partial charge in [-0.1, -0.05) is 0 Å². The molecule has 0 aliphatic carbocycles. The van der Waals surface area contributed by atoms with Crippen LogP contribution in [-0.2, 0) is 27.2 Å². The van der Waals surface area contributed by atoms with Gasteiger partial charge in [-0.05, 0) is 37.5 Å². The largest absolute Gasteiger partial charge is 0.452 e. The molecule has 1 aromatic heterocycles. The highest BCUT2D eigenvalue weighted by Gasteiger charge is 2.19. The van der Waals surface area contributed by atoms with Crippen LogP contribution in [0.15, 0.2) is 23.0 Å². The number of ether oxygens (including phenoxy) is 2. The molecule has 4 rings (SSSR count). The summed E-state index contributed by atoms with van der Waals surface area (Å²) >= 11 is 0. The molecule has 1 fully saturated rings. The maximum absolute atomic E-state index is 12.4. The van der Waals surface area contributed by atoms with Crippen molar-refractivity contribution in [3.05, 3.63) is 39.9 Å². The van der Waals surface area contributed by atoms with Crippen molar-refractivity contribution in [1.29, 1.82) is 0 Å². The van der Waals surface area contributed by atoms with E-state index in [2.05, 4.69) is 10.3 Å². The Morgan fingerprint density at radius 1 is 1.33 bits per heavy atom. The summed E-state index contributed by atoms with van der Waals surface area (Å²) in [5, 5.41) is 3.18. The van der Waals surface area contributed by atoms with Crippen LogP contribution in [0, 0.1) is 0 Å². The van der Waals surface area contributed by atoms with Crippen LogP contribution < -0.4 is 10.9 Å². The van der Waals surface area contributed by atoms with E-state index < -0.39 is 5.97 Å². The smallest absolute Gasteiger partial charge is 0.338 e. The van der Waals surface area contributed by atoms with Gasteiger partial charge in [0.05, 0.1) is 22.6 Å². The van der Waals surface area contributed by atoms with Gasteiger partial charge >= 0.3 is 5.97 Å². The lowest BCUT2D eigenvalue weighted by atomic mass is 10.1. The van der Waals surface area contributed by atoms with Crippen LogP contribution in [0.1, 0.15) is 35.4 Å². The fourth-order valence-corrected chi connectivity index (χ4v) is 3.51. The third kappa shape index (κ3) is 3.71. The molecule has 142 valence electrons. The maximum atomic E-state index is 12.4.